The standard InChI is InChI=1S/C14H20OS/c1-2-13(15)12-9-5-6-10-14(12)16-11-7-3-4-8-11/h5-6,9-11,13,15H,2-4,7-8H2,1H3. The minimum atomic E-state index is -0.301. The normalized spacial score (nSPS) is 18.9. The Morgan fingerprint density at radius 3 is 2.69 bits per heavy atom. The van der Waals surface area contributed by atoms with Crippen LogP contribution < -0.4 is 0 Å². The van der Waals surface area contributed by atoms with Gasteiger partial charge < -0.3 is 5.11 Å². The summed E-state index contributed by atoms with van der Waals surface area (Å²) < 4.78 is 0. The molecule has 1 fully saturated rings. The lowest BCUT2D eigenvalue weighted by atomic mass is 10.1. The zero-order chi connectivity index (χ0) is 11.4. The van der Waals surface area contributed by atoms with Gasteiger partial charge in [0.2, 0.25) is 0 Å². The topological polar surface area (TPSA) is 20.2 Å². The first kappa shape index (κ1) is 12.0. The van der Waals surface area contributed by atoms with Crippen molar-refractivity contribution in [2.45, 2.75) is 55.3 Å². The van der Waals surface area contributed by atoms with Crippen molar-refractivity contribution in [1.82, 2.24) is 0 Å². The third kappa shape index (κ3) is 2.80. The summed E-state index contributed by atoms with van der Waals surface area (Å²) in [5.74, 6) is 0. The fraction of sp³-hybridized carbons (Fsp3) is 0.571. The molecule has 1 aromatic carbocycles. The number of hydrogen-bond donors (Lipinski definition) is 1. The Balaban J connectivity index is 2.12. The van der Waals surface area contributed by atoms with Crippen molar-refractivity contribution in [3.63, 3.8) is 0 Å². The first-order valence-electron chi connectivity index (χ1n) is 6.25. The molecule has 0 amide bonds. The molecule has 0 bridgehead atoms. The molecule has 0 heterocycles. The Labute approximate surface area is 102 Å². The number of aliphatic hydroxyl groups excluding tert-OH is 1. The van der Waals surface area contributed by atoms with Crippen LogP contribution in [0.5, 0.6) is 0 Å². The van der Waals surface area contributed by atoms with Crippen LogP contribution in [0.4, 0.5) is 0 Å². The molecule has 1 saturated carbocycles. The summed E-state index contributed by atoms with van der Waals surface area (Å²) in [6.07, 6.45) is 5.90. The maximum absolute atomic E-state index is 9.97. The van der Waals surface area contributed by atoms with E-state index in [-0.39, 0.29) is 6.10 Å². The quantitative estimate of drug-likeness (QED) is 0.847. The first-order valence-corrected chi connectivity index (χ1v) is 7.13. The highest BCUT2D eigenvalue weighted by molar-refractivity contribution is 8.00. The van der Waals surface area contributed by atoms with Crippen LogP contribution in [-0.4, -0.2) is 10.4 Å². The minimum Gasteiger partial charge on any atom is -0.388 e. The van der Waals surface area contributed by atoms with Gasteiger partial charge in [0.1, 0.15) is 0 Å². The molecule has 16 heavy (non-hydrogen) atoms. The molecular weight excluding hydrogens is 216 g/mol. The van der Waals surface area contributed by atoms with Gasteiger partial charge in [-0.25, -0.2) is 0 Å². The van der Waals surface area contributed by atoms with Crippen LogP contribution in [0.1, 0.15) is 50.7 Å². The van der Waals surface area contributed by atoms with E-state index in [1.807, 2.05) is 24.8 Å². The van der Waals surface area contributed by atoms with Gasteiger partial charge in [-0.05, 0) is 30.9 Å². The van der Waals surface area contributed by atoms with E-state index in [0.29, 0.717) is 0 Å². The molecule has 1 aromatic rings. The van der Waals surface area contributed by atoms with Crippen LogP contribution in [0.25, 0.3) is 0 Å². The zero-order valence-corrected chi connectivity index (χ0v) is 10.7. The average Bonchev–Trinajstić information content (AvgIpc) is 2.82. The van der Waals surface area contributed by atoms with Gasteiger partial charge in [0, 0.05) is 10.1 Å². The number of thioether (sulfide) groups is 1. The highest BCUT2D eigenvalue weighted by Crippen LogP contribution is 2.38. The van der Waals surface area contributed by atoms with Gasteiger partial charge in [0.05, 0.1) is 6.10 Å². The molecule has 1 atom stereocenters. The van der Waals surface area contributed by atoms with E-state index >= 15 is 0 Å². The van der Waals surface area contributed by atoms with Gasteiger partial charge >= 0.3 is 0 Å². The summed E-state index contributed by atoms with van der Waals surface area (Å²) in [5, 5.41) is 10.7. The van der Waals surface area contributed by atoms with Crippen LogP contribution in [0, 0.1) is 0 Å². The summed E-state index contributed by atoms with van der Waals surface area (Å²) in [7, 11) is 0. The van der Waals surface area contributed by atoms with Gasteiger partial charge in [-0.3, -0.25) is 0 Å². The van der Waals surface area contributed by atoms with E-state index in [1.165, 1.54) is 30.6 Å². The SMILES string of the molecule is CCC(O)c1ccccc1SC1CCCC1. The van der Waals surface area contributed by atoms with Gasteiger partial charge in [-0.2, -0.15) is 0 Å². The van der Waals surface area contributed by atoms with E-state index in [2.05, 4.69) is 18.2 Å². The summed E-state index contributed by atoms with van der Waals surface area (Å²) in [6.45, 7) is 2.03. The molecule has 2 heteroatoms. The Morgan fingerprint density at radius 1 is 1.31 bits per heavy atom. The molecule has 1 unspecified atom stereocenters. The van der Waals surface area contributed by atoms with Gasteiger partial charge in [0.25, 0.3) is 0 Å². The fourth-order valence-electron chi connectivity index (χ4n) is 2.27. The molecule has 1 nitrogen and oxygen atoms in total. The van der Waals surface area contributed by atoms with E-state index in [9.17, 15) is 5.11 Å². The largest absolute Gasteiger partial charge is 0.388 e. The van der Waals surface area contributed by atoms with Crippen molar-refractivity contribution in [3.8, 4) is 0 Å². The zero-order valence-electron chi connectivity index (χ0n) is 9.86. The fourth-order valence-corrected chi connectivity index (χ4v) is 3.69. The molecule has 1 aliphatic carbocycles. The Morgan fingerprint density at radius 2 is 2.00 bits per heavy atom. The number of aliphatic hydroxyl groups is 1. The van der Waals surface area contributed by atoms with Crippen molar-refractivity contribution < 1.29 is 5.11 Å². The Bertz CT molecular complexity index is 331. The predicted molar refractivity (Wildman–Crippen MR) is 69.8 cm³/mol. The van der Waals surface area contributed by atoms with Crippen molar-refractivity contribution in [3.05, 3.63) is 29.8 Å². The Hall–Kier alpha value is -0.470. The predicted octanol–water partition coefficient (Wildman–Crippen LogP) is 4.16. The minimum absolute atomic E-state index is 0.301. The second-order valence-electron chi connectivity index (χ2n) is 4.49. The maximum Gasteiger partial charge on any atom is 0.0798 e. The van der Waals surface area contributed by atoms with Crippen LogP contribution in [-0.2, 0) is 0 Å². The molecule has 0 saturated heterocycles. The molecule has 0 aromatic heterocycles. The van der Waals surface area contributed by atoms with E-state index in [4.69, 9.17) is 0 Å². The van der Waals surface area contributed by atoms with Gasteiger partial charge in [0.15, 0.2) is 0 Å². The summed E-state index contributed by atoms with van der Waals surface area (Å²) in [4.78, 5) is 1.28. The lowest BCUT2D eigenvalue weighted by Crippen LogP contribution is -2.00. The van der Waals surface area contributed by atoms with Crippen LogP contribution in [0.15, 0.2) is 29.2 Å². The maximum atomic E-state index is 9.97. The van der Waals surface area contributed by atoms with Crippen molar-refractivity contribution in [2.75, 3.05) is 0 Å². The third-order valence-corrected chi connectivity index (χ3v) is 4.69. The molecule has 2 rings (SSSR count). The lowest BCUT2D eigenvalue weighted by Gasteiger charge is -2.16. The van der Waals surface area contributed by atoms with E-state index in [0.717, 1.165) is 17.2 Å². The molecule has 1 aliphatic rings. The number of hydrogen-bond acceptors (Lipinski definition) is 2. The highest BCUT2D eigenvalue weighted by atomic mass is 32.2. The lowest BCUT2D eigenvalue weighted by molar-refractivity contribution is 0.171. The average molecular weight is 236 g/mol. The van der Waals surface area contributed by atoms with Crippen molar-refractivity contribution >= 4 is 11.8 Å². The Kier molecular flexibility index (Phi) is 4.30. The van der Waals surface area contributed by atoms with Crippen molar-refractivity contribution in [2.24, 2.45) is 0 Å². The molecule has 88 valence electrons. The van der Waals surface area contributed by atoms with Crippen LogP contribution in [0.2, 0.25) is 0 Å². The third-order valence-electron chi connectivity index (χ3n) is 3.26. The molecule has 0 aliphatic heterocycles. The first-order chi connectivity index (χ1) is 7.81. The van der Waals surface area contributed by atoms with Crippen LogP contribution >= 0.6 is 11.8 Å². The molecule has 1 N–H and O–H groups in total. The summed E-state index contributed by atoms with van der Waals surface area (Å²) in [6, 6.07) is 8.30. The number of benzene rings is 1. The number of rotatable bonds is 4. The molecular formula is C14H20OS. The van der Waals surface area contributed by atoms with Gasteiger partial charge in [-0.15, -0.1) is 11.8 Å². The van der Waals surface area contributed by atoms with E-state index < -0.39 is 0 Å². The van der Waals surface area contributed by atoms with Gasteiger partial charge in [-0.1, -0.05) is 38.0 Å². The highest BCUT2D eigenvalue weighted by Gasteiger charge is 2.18. The summed E-state index contributed by atoms with van der Waals surface area (Å²) in [5.41, 5.74) is 1.11. The second-order valence-corrected chi connectivity index (χ2v) is 5.83. The molecule has 0 spiro atoms. The molecule has 0 radical (unpaired) electrons. The van der Waals surface area contributed by atoms with E-state index in [1.54, 1.807) is 0 Å². The smallest absolute Gasteiger partial charge is 0.0798 e. The monoisotopic (exact) mass is 236 g/mol. The van der Waals surface area contributed by atoms with Crippen molar-refractivity contribution in [1.29, 1.82) is 0 Å². The second kappa shape index (κ2) is 5.74. The summed E-state index contributed by atoms with van der Waals surface area (Å²) >= 11 is 1.96. The van der Waals surface area contributed by atoms with Crippen LogP contribution in [0.3, 0.4) is 0 Å².